The summed E-state index contributed by atoms with van der Waals surface area (Å²) in [6.07, 6.45) is 1.63. The Kier molecular flexibility index (Phi) is 4.35. The lowest BCUT2D eigenvalue weighted by molar-refractivity contribution is -0.133. The van der Waals surface area contributed by atoms with E-state index in [0.717, 1.165) is 5.56 Å². The zero-order valence-electron chi connectivity index (χ0n) is 10.5. The van der Waals surface area contributed by atoms with Crippen molar-refractivity contribution in [1.29, 1.82) is 0 Å². The number of rotatable bonds is 5. The normalized spacial score (nSPS) is 10.2. The van der Waals surface area contributed by atoms with Gasteiger partial charge >= 0.3 is 5.97 Å². The molecule has 0 unspecified atom stereocenters. The first-order valence-electron chi connectivity index (χ1n) is 5.72. The number of ether oxygens (including phenoxy) is 1. The molecule has 0 fully saturated rings. The van der Waals surface area contributed by atoms with Gasteiger partial charge in [-0.1, -0.05) is 0 Å². The summed E-state index contributed by atoms with van der Waals surface area (Å²) in [5.74, 6) is -0.756. The third-order valence-corrected chi connectivity index (χ3v) is 3.30. The second-order valence-corrected chi connectivity index (χ2v) is 4.82. The highest BCUT2D eigenvalue weighted by atomic mass is 32.1. The largest absolute Gasteiger partial charge is 0.451 e. The third-order valence-electron chi connectivity index (χ3n) is 2.57. The molecule has 19 heavy (non-hydrogen) atoms. The first-order valence-corrected chi connectivity index (χ1v) is 6.66. The van der Waals surface area contributed by atoms with E-state index in [9.17, 15) is 9.59 Å². The second-order valence-electron chi connectivity index (χ2n) is 4.04. The van der Waals surface area contributed by atoms with E-state index in [4.69, 9.17) is 4.74 Å². The molecule has 0 bridgehead atoms. The maximum Gasteiger partial charge on any atom is 0.355 e. The number of amides is 1. The van der Waals surface area contributed by atoms with Crippen LogP contribution in [0.1, 0.15) is 16.1 Å². The highest BCUT2D eigenvalue weighted by Gasteiger charge is 2.14. The molecule has 0 saturated carbocycles. The van der Waals surface area contributed by atoms with Gasteiger partial charge in [-0.15, -0.1) is 0 Å². The predicted molar refractivity (Wildman–Crippen MR) is 71.9 cm³/mol. The Morgan fingerprint density at radius 3 is 2.89 bits per heavy atom. The standard InChI is InChI=1S/C13H14N2O3S/c1-15(7-10-4-6-19-9-10)12(16)8-18-13(17)11-3-2-5-14-11/h2-6,9,14H,7-8H2,1H3. The monoisotopic (exact) mass is 278 g/mol. The molecule has 0 aliphatic rings. The average molecular weight is 278 g/mol. The molecule has 0 radical (unpaired) electrons. The molecule has 100 valence electrons. The van der Waals surface area contributed by atoms with Gasteiger partial charge in [-0.3, -0.25) is 4.79 Å². The van der Waals surface area contributed by atoms with Gasteiger partial charge in [-0.25, -0.2) is 4.79 Å². The second kappa shape index (κ2) is 6.19. The van der Waals surface area contributed by atoms with Crippen molar-refractivity contribution in [2.24, 2.45) is 0 Å². The number of aromatic nitrogens is 1. The Bertz CT molecular complexity index is 534. The number of nitrogens with zero attached hydrogens (tertiary/aromatic N) is 1. The first-order chi connectivity index (χ1) is 9.16. The minimum absolute atomic E-state index is 0.230. The van der Waals surface area contributed by atoms with Crippen LogP contribution in [0.2, 0.25) is 0 Å². The molecule has 1 amide bonds. The topological polar surface area (TPSA) is 62.4 Å². The van der Waals surface area contributed by atoms with E-state index in [0.29, 0.717) is 12.2 Å². The van der Waals surface area contributed by atoms with E-state index in [-0.39, 0.29) is 12.5 Å². The predicted octanol–water partition coefficient (Wildman–Crippen LogP) is 1.89. The Labute approximate surface area is 114 Å². The molecule has 1 N–H and O–H groups in total. The van der Waals surface area contributed by atoms with E-state index in [2.05, 4.69) is 4.98 Å². The summed E-state index contributed by atoms with van der Waals surface area (Å²) in [6, 6.07) is 5.25. The number of likely N-dealkylation sites (N-methyl/N-ethyl adjacent to an activating group) is 1. The van der Waals surface area contributed by atoms with Crippen molar-refractivity contribution in [3.8, 4) is 0 Å². The van der Waals surface area contributed by atoms with Crippen LogP contribution in [0.4, 0.5) is 0 Å². The molecule has 0 aliphatic heterocycles. The molecule has 6 heteroatoms. The summed E-state index contributed by atoms with van der Waals surface area (Å²) in [4.78, 5) is 27.6. The number of nitrogens with one attached hydrogen (secondary N) is 1. The van der Waals surface area contributed by atoms with Crippen LogP contribution < -0.4 is 0 Å². The molecular formula is C13H14N2O3S. The highest BCUT2D eigenvalue weighted by Crippen LogP contribution is 2.08. The maximum atomic E-state index is 11.8. The summed E-state index contributed by atoms with van der Waals surface area (Å²) in [6.45, 7) is 0.265. The summed E-state index contributed by atoms with van der Waals surface area (Å²) in [5.41, 5.74) is 1.41. The fraction of sp³-hybridized carbons (Fsp3) is 0.231. The van der Waals surface area contributed by atoms with Crippen LogP contribution in [0, 0.1) is 0 Å². The Morgan fingerprint density at radius 2 is 2.26 bits per heavy atom. The maximum absolute atomic E-state index is 11.8. The minimum Gasteiger partial charge on any atom is -0.451 e. The van der Waals surface area contributed by atoms with Crippen molar-refractivity contribution in [3.05, 3.63) is 46.4 Å². The Hall–Kier alpha value is -2.08. The van der Waals surface area contributed by atoms with Gasteiger partial charge in [0.05, 0.1) is 0 Å². The van der Waals surface area contributed by atoms with Crippen LogP contribution in [-0.4, -0.2) is 35.4 Å². The summed E-state index contributed by atoms with van der Waals surface area (Å²) in [7, 11) is 1.68. The van der Waals surface area contributed by atoms with E-state index in [1.807, 2.05) is 16.8 Å². The van der Waals surface area contributed by atoms with Gasteiger partial charge in [-0.2, -0.15) is 11.3 Å². The molecule has 2 heterocycles. The zero-order chi connectivity index (χ0) is 13.7. The lowest BCUT2D eigenvalue weighted by atomic mass is 10.3. The third kappa shape index (κ3) is 3.69. The smallest absolute Gasteiger partial charge is 0.355 e. The van der Waals surface area contributed by atoms with Crippen molar-refractivity contribution >= 4 is 23.2 Å². The van der Waals surface area contributed by atoms with E-state index in [1.165, 1.54) is 4.90 Å². The van der Waals surface area contributed by atoms with Gasteiger partial charge in [0.1, 0.15) is 5.69 Å². The summed E-state index contributed by atoms with van der Waals surface area (Å²) in [5, 5.41) is 3.94. The zero-order valence-corrected chi connectivity index (χ0v) is 11.3. The van der Waals surface area contributed by atoms with E-state index in [1.54, 1.807) is 36.7 Å². The summed E-state index contributed by atoms with van der Waals surface area (Å²) < 4.78 is 4.93. The molecule has 0 spiro atoms. The number of hydrogen-bond acceptors (Lipinski definition) is 4. The number of hydrogen-bond donors (Lipinski definition) is 1. The molecular weight excluding hydrogens is 264 g/mol. The van der Waals surface area contributed by atoms with Gasteiger partial charge in [0, 0.05) is 19.8 Å². The van der Waals surface area contributed by atoms with Crippen LogP contribution in [0.25, 0.3) is 0 Å². The molecule has 2 rings (SSSR count). The number of carbonyl (C=O) groups excluding carboxylic acids is 2. The van der Waals surface area contributed by atoms with Crippen molar-refractivity contribution in [3.63, 3.8) is 0 Å². The molecule has 2 aromatic heterocycles. The van der Waals surface area contributed by atoms with Crippen molar-refractivity contribution < 1.29 is 14.3 Å². The van der Waals surface area contributed by atoms with Gasteiger partial charge in [0.25, 0.3) is 5.91 Å². The Morgan fingerprint density at radius 1 is 1.42 bits per heavy atom. The number of carbonyl (C=O) groups is 2. The lowest BCUT2D eigenvalue weighted by Gasteiger charge is -2.16. The Balaban J connectivity index is 1.79. The molecule has 0 aromatic carbocycles. The number of aromatic amines is 1. The van der Waals surface area contributed by atoms with E-state index >= 15 is 0 Å². The number of thiophene rings is 1. The van der Waals surface area contributed by atoms with Crippen LogP contribution in [0.15, 0.2) is 35.2 Å². The quantitative estimate of drug-likeness (QED) is 0.850. The van der Waals surface area contributed by atoms with Gasteiger partial charge in [0.15, 0.2) is 6.61 Å². The molecule has 0 aliphatic carbocycles. The highest BCUT2D eigenvalue weighted by molar-refractivity contribution is 7.07. The van der Waals surface area contributed by atoms with Crippen LogP contribution in [-0.2, 0) is 16.1 Å². The molecule has 2 aromatic rings. The fourth-order valence-electron chi connectivity index (χ4n) is 1.52. The lowest BCUT2D eigenvalue weighted by Crippen LogP contribution is -2.30. The summed E-state index contributed by atoms with van der Waals surface area (Å²) >= 11 is 1.58. The van der Waals surface area contributed by atoms with Gasteiger partial charge in [-0.05, 0) is 34.5 Å². The van der Waals surface area contributed by atoms with Gasteiger partial charge < -0.3 is 14.6 Å². The average Bonchev–Trinajstić information content (AvgIpc) is 3.07. The van der Waals surface area contributed by atoms with Crippen LogP contribution in [0.3, 0.4) is 0 Å². The van der Waals surface area contributed by atoms with Crippen molar-refractivity contribution in [1.82, 2.24) is 9.88 Å². The molecule has 0 atom stereocenters. The number of esters is 1. The minimum atomic E-state index is -0.526. The fourth-order valence-corrected chi connectivity index (χ4v) is 2.18. The van der Waals surface area contributed by atoms with Crippen LogP contribution >= 0.6 is 11.3 Å². The van der Waals surface area contributed by atoms with Crippen molar-refractivity contribution in [2.75, 3.05) is 13.7 Å². The number of H-pyrrole nitrogens is 1. The SMILES string of the molecule is CN(Cc1ccsc1)C(=O)COC(=O)c1ccc[nH]1. The van der Waals surface area contributed by atoms with E-state index < -0.39 is 5.97 Å². The molecule has 5 nitrogen and oxygen atoms in total. The first kappa shape index (κ1) is 13.4. The van der Waals surface area contributed by atoms with Gasteiger partial charge in [0.2, 0.25) is 0 Å². The van der Waals surface area contributed by atoms with Crippen molar-refractivity contribution in [2.45, 2.75) is 6.54 Å². The van der Waals surface area contributed by atoms with Crippen LogP contribution in [0.5, 0.6) is 0 Å². The molecule has 0 saturated heterocycles.